The lowest BCUT2D eigenvalue weighted by molar-refractivity contribution is 0.369. The van der Waals surface area contributed by atoms with Gasteiger partial charge in [-0.05, 0) is 34.5 Å². The number of rotatable bonds is 6. The van der Waals surface area contributed by atoms with Gasteiger partial charge in [-0.3, -0.25) is 4.98 Å². The van der Waals surface area contributed by atoms with Crippen molar-refractivity contribution in [2.75, 3.05) is 11.9 Å². The largest absolute Gasteiger partial charge is 0.384 e. The first kappa shape index (κ1) is 15.9. The predicted octanol–water partition coefficient (Wildman–Crippen LogP) is 4.55. The lowest BCUT2D eigenvalue weighted by atomic mass is 10.2. The summed E-state index contributed by atoms with van der Waals surface area (Å²) in [6.45, 7) is 4.96. The third kappa shape index (κ3) is 3.69. The third-order valence-electron chi connectivity index (χ3n) is 3.60. The maximum atomic E-state index is 5.26. The van der Waals surface area contributed by atoms with Gasteiger partial charge in [-0.1, -0.05) is 31.1 Å². The molecule has 2 aromatic heterocycles. The molecule has 0 spiro atoms. The van der Waals surface area contributed by atoms with Crippen molar-refractivity contribution in [2.45, 2.75) is 32.6 Å². The second-order valence-corrected chi connectivity index (χ2v) is 6.58. The molecule has 0 aliphatic rings. The highest BCUT2D eigenvalue weighted by atomic mass is 79.9. The molecule has 0 radical (unpaired) electrons. The summed E-state index contributed by atoms with van der Waals surface area (Å²) in [5.41, 5.74) is 2.06. The number of hydrogen-bond acceptors (Lipinski definition) is 5. The van der Waals surface area contributed by atoms with Gasteiger partial charge in [0.15, 0.2) is 5.82 Å². The molecule has 1 aromatic carbocycles. The van der Waals surface area contributed by atoms with E-state index in [4.69, 9.17) is 4.52 Å². The van der Waals surface area contributed by atoms with E-state index >= 15 is 0 Å². The molecule has 5 nitrogen and oxygen atoms in total. The summed E-state index contributed by atoms with van der Waals surface area (Å²) < 4.78 is 6.26. The molecule has 0 aliphatic carbocycles. The van der Waals surface area contributed by atoms with Crippen molar-refractivity contribution in [3.63, 3.8) is 0 Å². The molecule has 0 amide bonds. The highest BCUT2D eigenvalue weighted by Crippen LogP contribution is 2.27. The molecule has 23 heavy (non-hydrogen) atoms. The zero-order valence-electron chi connectivity index (χ0n) is 13.2. The smallest absolute Gasteiger partial charge is 0.226 e. The molecule has 3 rings (SSSR count). The molecule has 0 saturated carbocycles. The van der Waals surface area contributed by atoms with Crippen LogP contribution in [-0.4, -0.2) is 21.7 Å². The third-order valence-corrected chi connectivity index (χ3v) is 4.24. The van der Waals surface area contributed by atoms with Crippen LogP contribution in [0.25, 0.3) is 10.9 Å². The van der Waals surface area contributed by atoms with Crippen LogP contribution in [-0.2, 0) is 6.42 Å². The zero-order valence-corrected chi connectivity index (χ0v) is 14.8. The summed E-state index contributed by atoms with van der Waals surface area (Å²) in [6, 6.07) is 8.09. The SMILES string of the molecule is CC(C)c1noc(CCCNc2ccnc3c(Br)cccc23)n1. The van der Waals surface area contributed by atoms with Crippen LogP contribution in [0.1, 0.15) is 37.9 Å². The minimum Gasteiger partial charge on any atom is -0.384 e. The number of fused-ring (bicyclic) bond motifs is 1. The number of para-hydroxylation sites is 1. The van der Waals surface area contributed by atoms with E-state index in [1.807, 2.05) is 24.4 Å². The first-order valence-corrected chi connectivity index (χ1v) is 8.54. The van der Waals surface area contributed by atoms with Crippen LogP contribution in [0, 0.1) is 0 Å². The minimum atomic E-state index is 0.298. The Labute approximate surface area is 143 Å². The van der Waals surface area contributed by atoms with Crippen LogP contribution in [0.5, 0.6) is 0 Å². The first-order valence-electron chi connectivity index (χ1n) is 7.74. The van der Waals surface area contributed by atoms with E-state index in [0.717, 1.165) is 46.3 Å². The fourth-order valence-corrected chi connectivity index (χ4v) is 2.83. The van der Waals surface area contributed by atoms with Gasteiger partial charge >= 0.3 is 0 Å². The van der Waals surface area contributed by atoms with Gasteiger partial charge in [0.2, 0.25) is 5.89 Å². The Hall–Kier alpha value is -1.95. The topological polar surface area (TPSA) is 63.8 Å². The van der Waals surface area contributed by atoms with Gasteiger partial charge in [0.05, 0.1) is 5.52 Å². The molecule has 0 saturated heterocycles. The molecule has 0 atom stereocenters. The van der Waals surface area contributed by atoms with Crippen LogP contribution < -0.4 is 5.32 Å². The van der Waals surface area contributed by atoms with E-state index < -0.39 is 0 Å². The fraction of sp³-hybridized carbons (Fsp3) is 0.353. The Kier molecular flexibility index (Phi) is 4.91. The molecule has 0 fully saturated rings. The van der Waals surface area contributed by atoms with E-state index in [2.05, 4.69) is 56.3 Å². The van der Waals surface area contributed by atoms with Crippen LogP contribution >= 0.6 is 15.9 Å². The second kappa shape index (κ2) is 7.08. The summed E-state index contributed by atoms with van der Waals surface area (Å²) in [4.78, 5) is 8.81. The van der Waals surface area contributed by atoms with Gasteiger partial charge < -0.3 is 9.84 Å². The highest BCUT2D eigenvalue weighted by molar-refractivity contribution is 9.10. The second-order valence-electron chi connectivity index (χ2n) is 5.73. The standard InChI is InChI=1S/C17H19BrN4O/c1-11(2)17-21-15(23-22-17)7-4-9-19-14-8-10-20-16-12(14)5-3-6-13(16)18/h3,5-6,8,10-11H,4,7,9H2,1-2H3,(H,19,20). The van der Waals surface area contributed by atoms with Gasteiger partial charge in [0.25, 0.3) is 0 Å². The van der Waals surface area contributed by atoms with E-state index in [1.54, 1.807) is 0 Å². The number of nitrogens with one attached hydrogen (secondary N) is 1. The van der Waals surface area contributed by atoms with Crippen molar-refractivity contribution in [2.24, 2.45) is 0 Å². The maximum Gasteiger partial charge on any atom is 0.226 e. The number of nitrogens with zero attached hydrogens (tertiary/aromatic N) is 3. The molecular weight excluding hydrogens is 356 g/mol. The van der Waals surface area contributed by atoms with Crippen LogP contribution in [0.2, 0.25) is 0 Å². The number of benzene rings is 1. The average Bonchev–Trinajstić information content (AvgIpc) is 3.01. The van der Waals surface area contributed by atoms with Gasteiger partial charge in [-0.25, -0.2) is 0 Å². The van der Waals surface area contributed by atoms with Crippen molar-refractivity contribution in [3.8, 4) is 0 Å². The molecular formula is C17H19BrN4O. The minimum absolute atomic E-state index is 0.298. The molecule has 0 unspecified atom stereocenters. The normalized spacial score (nSPS) is 11.3. The Bertz CT molecular complexity index is 800. The van der Waals surface area contributed by atoms with Gasteiger partial charge in [-0.2, -0.15) is 4.98 Å². The van der Waals surface area contributed by atoms with Crippen LogP contribution in [0.3, 0.4) is 0 Å². The number of aryl methyl sites for hydroxylation is 1. The quantitative estimate of drug-likeness (QED) is 0.641. The van der Waals surface area contributed by atoms with Crippen LogP contribution in [0.15, 0.2) is 39.5 Å². The van der Waals surface area contributed by atoms with Gasteiger partial charge in [-0.15, -0.1) is 0 Å². The highest BCUT2D eigenvalue weighted by Gasteiger charge is 2.09. The molecule has 0 aliphatic heterocycles. The molecule has 120 valence electrons. The number of pyridine rings is 1. The van der Waals surface area contributed by atoms with Crippen LogP contribution in [0.4, 0.5) is 5.69 Å². The molecule has 6 heteroatoms. The summed E-state index contributed by atoms with van der Waals surface area (Å²) in [5, 5.41) is 8.56. The van der Waals surface area contributed by atoms with E-state index in [1.165, 1.54) is 0 Å². The number of halogens is 1. The Morgan fingerprint density at radius 2 is 2.13 bits per heavy atom. The Balaban J connectivity index is 1.59. The van der Waals surface area contributed by atoms with E-state index in [-0.39, 0.29) is 0 Å². The van der Waals surface area contributed by atoms with Crippen molar-refractivity contribution in [1.82, 2.24) is 15.1 Å². The Morgan fingerprint density at radius 1 is 1.26 bits per heavy atom. The van der Waals surface area contributed by atoms with Gasteiger partial charge in [0.1, 0.15) is 0 Å². The first-order chi connectivity index (χ1) is 11.1. The summed E-state index contributed by atoms with van der Waals surface area (Å²) >= 11 is 3.54. The van der Waals surface area contributed by atoms with E-state index in [9.17, 15) is 0 Å². The molecule has 1 N–H and O–H groups in total. The van der Waals surface area contributed by atoms with Crippen molar-refractivity contribution < 1.29 is 4.52 Å². The summed E-state index contributed by atoms with van der Waals surface area (Å²) in [7, 11) is 0. The summed E-state index contributed by atoms with van der Waals surface area (Å²) in [6.07, 6.45) is 3.53. The average molecular weight is 375 g/mol. The zero-order chi connectivity index (χ0) is 16.2. The molecule has 3 aromatic rings. The van der Waals surface area contributed by atoms with Crippen molar-refractivity contribution >= 4 is 32.5 Å². The predicted molar refractivity (Wildman–Crippen MR) is 94.6 cm³/mol. The molecule has 0 bridgehead atoms. The van der Waals surface area contributed by atoms with Crippen molar-refractivity contribution in [1.29, 1.82) is 0 Å². The maximum absolute atomic E-state index is 5.26. The summed E-state index contributed by atoms with van der Waals surface area (Å²) in [5.74, 6) is 1.78. The monoisotopic (exact) mass is 374 g/mol. The fourth-order valence-electron chi connectivity index (χ4n) is 2.36. The number of anilines is 1. The molecule has 2 heterocycles. The number of hydrogen-bond donors (Lipinski definition) is 1. The number of aromatic nitrogens is 3. The van der Waals surface area contributed by atoms with Gasteiger partial charge in [0, 0.05) is 40.6 Å². The van der Waals surface area contributed by atoms with Crippen molar-refractivity contribution in [3.05, 3.63) is 46.7 Å². The lowest BCUT2D eigenvalue weighted by Crippen LogP contribution is -2.04. The lowest BCUT2D eigenvalue weighted by Gasteiger charge is -2.09. The Morgan fingerprint density at radius 3 is 2.91 bits per heavy atom. The van der Waals surface area contributed by atoms with E-state index in [0.29, 0.717) is 11.8 Å².